The van der Waals surface area contributed by atoms with Gasteiger partial charge in [0.05, 0.1) is 27.7 Å². The minimum Gasteiger partial charge on any atom is -0.444 e. The Hall–Kier alpha value is -3.74. The fraction of sp³-hybridized carbons (Fsp3) is 0.385. The van der Waals surface area contributed by atoms with Crippen LogP contribution in [0.1, 0.15) is 51.0 Å². The second kappa shape index (κ2) is 11.0. The quantitative estimate of drug-likeness (QED) is 0.396. The minimum atomic E-state index is -3.33. The molecule has 2 atom stereocenters. The van der Waals surface area contributed by atoms with E-state index in [9.17, 15) is 36.3 Å². The first-order chi connectivity index (χ1) is 18.7. The van der Waals surface area contributed by atoms with Gasteiger partial charge in [0, 0.05) is 18.2 Å². The van der Waals surface area contributed by atoms with Gasteiger partial charge >= 0.3 is 12.5 Å². The van der Waals surface area contributed by atoms with Gasteiger partial charge in [-0.15, -0.1) is 0 Å². The molecule has 14 heteroatoms. The summed E-state index contributed by atoms with van der Waals surface area (Å²) in [6.07, 6.45) is -7.52. The molecule has 0 radical (unpaired) electrons. The van der Waals surface area contributed by atoms with Crippen molar-refractivity contribution in [2.45, 2.75) is 57.7 Å². The lowest BCUT2D eigenvalue weighted by atomic mass is 10.1. The molecular formula is C26H24ClF5N4O4. The second-order valence-electron chi connectivity index (χ2n) is 10.2. The molecule has 0 saturated carbocycles. The first-order valence-electron chi connectivity index (χ1n) is 12.0. The first kappa shape index (κ1) is 29.2. The number of hydrogen-bond donors (Lipinski definition) is 1. The maximum Gasteiger partial charge on any atom is 0.410 e. The summed E-state index contributed by atoms with van der Waals surface area (Å²) in [4.78, 5) is 44.3. The molecule has 1 fully saturated rings. The van der Waals surface area contributed by atoms with Crippen LogP contribution in [0.15, 0.2) is 41.2 Å². The molecule has 2 aromatic carbocycles. The Labute approximate surface area is 229 Å². The predicted molar refractivity (Wildman–Crippen MR) is 135 cm³/mol. The molecule has 40 heavy (non-hydrogen) atoms. The second-order valence-corrected chi connectivity index (χ2v) is 10.6. The third kappa shape index (κ3) is 6.03. The van der Waals surface area contributed by atoms with Crippen LogP contribution >= 0.6 is 11.6 Å². The molecule has 3 aromatic rings. The van der Waals surface area contributed by atoms with E-state index in [1.165, 1.54) is 18.2 Å². The number of carbonyl (C=O) groups excluding carboxylic acids is 2. The van der Waals surface area contributed by atoms with E-state index in [-0.39, 0.29) is 40.4 Å². The van der Waals surface area contributed by atoms with Crippen molar-refractivity contribution in [1.82, 2.24) is 19.8 Å². The van der Waals surface area contributed by atoms with Crippen molar-refractivity contribution in [3.8, 4) is 5.69 Å². The van der Waals surface area contributed by atoms with Crippen molar-refractivity contribution in [3.63, 3.8) is 0 Å². The van der Waals surface area contributed by atoms with E-state index < -0.39 is 59.5 Å². The Kier molecular flexibility index (Phi) is 8.06. The highest BCUT2D eigenvalue weighted by Gasteiger charge is 2.42. The van der Waals surface area contributed by atoms with Gasteiger partial charge in [0.25, 0.3) is 17.9 Å². The number of carbonyl (C=O) groups is 2. The van der Waals surface area contributed by atoms with Crippen LogP contribution in [0.3, 0.4) is 0 Å². The van der Waals surface area contributed by atoms with Crippen molar-refractivity contribution in [2.24, 2.45) is 0 Å². The van der Waals surface area contributed by atoms with E-state index in [1.54, 1.807) is 20.8 Å². The Morgan fingerprint density at radius 2 is 1.85 bits per heavy atom. The van der Waals surface area contributed by atoms with Crippen LogP contribution in [0.2, 0.25) is 5.02 Å². The van der Waals surface area contributed by atoms with Crippen LogP contribution < -0.4 is 10.9 Å². The summed E-state index contributed by atoms with van der Waals surface area (Å²) in [5.41, 5.74) is -2.79. The molecule has 1 aliphatic heterocycles. The Morgan fingerprint density at radius 1 is 1.15 bits per heavy atom. The van der Waals surface area contributed by atoms with Crippen LogP contribution in [0.4, 0.5) is 26.7 Å². The average Bonchev–Trinajstić information content (AvgIpc) is 3.26. The molecule has 8 nitrogen and oxygen atoms in total. The molecule has 2 unspecified atom stereocenters. The van der Waals surface area contributed by atoms with Gasteiger partial charge in [0.15, 0.2) is 0 Å². The van der Waals surface area contributed by atoms with Gasteiger partial charge in [-0.05, 0) is 57.5 Å². The molecule has 1 N–H and O–H groups in total. The Balaban J connectivity index is 1.96. The summed E-state index contributed by atoms with van der Waals surface area (Å²) in [6.45, 7) is 4.48. The van der Waals surface area contributed by atoms with Gasteiger partial charge in [0.1, 0.15) is 17.2 Å². The number of rotatable bonds is 5. The third-order valence-electron chi connectivity index (χ3n) is 6.06. The molecule has 214 valence electrons. The van der Waals surface area contributed by atoms with E-state index in [1.807, 2.05) is 0 Å². The van der Waals surface area contributed by atoms with Crippen molar-refractivity contribution in [2.75, 3.05) is 6.54 Å². The number of fused-ring (bicyclic) bond motifs is 1. The molecule has 1 aliphatic rings. The topological polar surface area (TPSA) is 93.5 Å². The summed E-state index contributed by atoms with van der Waals surface area (Å²) >= 11 is 6.26. The van der Waals surface area contributed by atoms with Gasteiger partial charge in [-0.1, -0.05) is 17.7 Å². The highest BCUT2D eigenvalue weighted by Crippen LogP contribution is 2.35. The molecule has 1 aromatic heterocycles. The number of amides is 2. The largest absolute Gasteiger partial charge is 0.444 e. The summed E-state index contributed by atoms with van der Waals surface area (Å²) in [5, 5.41) is 2.03. The zero-order valence-electron chi connectivity index (χ0n) is 21.4. The zero-order chi connectivity index (χ0) is 29.5. The zero-order valence-corrected chi connectivity index (χ0v) is 22.2. The Morgan fingerprint density at radius 3 is 2.48 bits per heavy atom. The van der Waals surface area contributed by atoms with Crippen LogP contribution in [-0.4, -0.2) is 51.1 Å². The fourth-order valence-electron chi connectivity index (χ4n) is 4.50. The number of hydrogen-bond acceptors (Lipinski definition) is 5. The third-order valence-corrected chi connectivity index (χ3v) is 6.37. The molecule has 0 aliphatic carbocycles. The smallest absolute Gasteiger partial charge is 0.410 e. The number of likely N-dealkylation sites (tertiary alicyclic amines) is 1. The monoisotopic (exact) mass is 586 g/mol. The summed E-state index contributed by atoms with van der Waals surface area (Å²) in [6, 6.07) is 4.51. The highest BCUT2D eigenvalue weighted by atomic mass is 35.5. The van der Waals surface area contributed by atoms with Crippen LogP contribution in [-0.2, 0) is 9.53 Å². The van der Waals surface area contributed by atoms with E-state index in [2.05, 4.69) is 10.3 Å². The van der Waals surface area contributed by atoms with Crippen LogP contribution in [0.25, 0.3) is 16.6 Å². The van der Waals surface area contributed by atoms with Gasteiger partial charge in [-0.2, -0.15) is 8.78 Å². The molecule has 0 spiro atoms. The van der Waals surface area contributed by atoms with Gasteiger partial charge in [0.2, 0.25) is 0 Å². The maximum absolute atomic E-state index is 14.5. The predicted octanol–water partition coefficient (Wildman–Crippen LogP) is 5.55. The van der Waals surface area contributed by atoms with Crippen LogP contribution in [0, 0.1) is 5.82 Å². The number of benzene rings is 2. The molecular weight excluding hydrogens is 563 g/mol. The number of aromatic nitrogens is 2. The lowest BCUT2D eigenvalue weighted by molar-refractivity contribution is -0.132. The van der Waals surface area contributed by atoms with Gasteiger partial charge in [-0.3, -0.25) is 19.1 Å². The summed E-state index contributed by atoms with van der Waals surface area (Å²) in [7, 11) is 0. The minimum absolute atomic E-state index is 0.0155. The average molecular weight is 587 g/mol. The standard InChI is InChI=1S/C26H24ClF5N4O4/c1-26(2,3)40-25(39)35-11-14(33-23(37)21(31)32)10-18(35)22-34-17-6-4-5-16(27)19(17)24(38)36(22)15-8-12(20(29)30)7-13(28)9-15/h4-9,14,18,20-21H,10-11H2,1-3H3,(H,33,37). The maximum atomic E-state index is 14.5. The van der Waals surface area contributed by atoms with Crippen LogP contribution in [0.5, 0.6) is 0 Å². The highest BCUT2D eigenvalue weighted by molar-refractivity contribution is 6.35. The van der Waals surface area contributed by atoms with E-state index in [0.717, 1.165) is 21.6 Å². The number of nitrogens with one attached hydrogen (secondary N) is 1. The Bertz CT molecular complexity index is 1530. The SMILES string of the molecule is CC(C)(C)OC(=O)N1CC(NC(=O)C(F)F)CC1c1nc2cccc(Cl)c2c(=O)n1-c1cc(F)cc(C(F)F)c1. The lowest BCUT2D eigenvalue weighted by Gasteiger charge is -2.29. The molecule has 2 heterocycles. The number of ether oxygens (including phenoxy) is 1. The fourth-order valence-corrected chi connectivity index (χ4v) is 4.75. The number of nitrogens with zero attached hydrogens (tertiary/aromatic N) is 3. The van der Waals surface area contributed by atoms with Crippen molar-refractivity contribution < 1.29 is 36.3 Å². The van der Waals surface area contributed by atoms with Crippen molar-refractivity contribution in [1.29, 1.82) is 0 Å². The summed E-state index contributed by atoms with van der Waals surface area (Å²) < 4.78 is 73.9. The first-order valence-corrected chi connectivity index (χ1v) is 12.4. The summed E-state index contributed by atoms with van der Waals surface area (Å²) in [5.74, 6) is -2.84. The van der Waals surface area contributed by atoms with Crippen molar-refractivity contribution in [3.05, 3.63) is 69.0 Å². The molecule has 2 amide bonds. The van der Waals surface area contributed by atoms with E-state index in [4.69, 9.17) is 16.3 Å². The number of halogens is 6. The lowest BCUT2D eigenvalue weighted by Crippen LogP contribution is -2.42. The molecule has 0 bridgehead atoms. The molecule has 1 saturated heterocycles. The van der Waals surface area contributed by atoms with E-state index in [0.29, 0.717) is 6.07 Å². The van der Waals surface area contributed by atoms with Crippen molar-refractivity contribution >= 4 is 34.5 Å². The van der Waals surface area contributed by atoms with E-state index >= 15 is 0 Å². The van der Waals surface area contributed by atoms with Gasteiger partial charge in [-0.25, -0.2) is 22.9 Å². The normalized spacial score (nSPS) is 17.6. The number of alkyl halides is 4. The van der Waals surface area contributed by atoms with Gasteiger partial charge < -0.3 is 10.1 Å². The molecule has 4 rings (SSSR count).